The maximum Gasteiger partial charge on any atom is 0.331 e. The zero-order valence-corrected chi connectivity index (χ0v) is 31.0. The van der Waals surface area contributed by atoms with Gasteiger partial charge in [0.2, 0.25) is 0 Å². The van der Waals surface area contributed by atoms with Crippen LogP contribution >= 0.6 is 0 Å². The number of nitrogens with zero attached hydrogens (tertiary/aromatic N) is 4. The number of aromatic nitrogens is 2. The molecule has 0 aliphatic heterocycles. The molecule has 0 amide bonds. The summed E-state index contributed by atoms with van der Waals surface area (Å²) in [4.78, 5) is 32.4. The highest BCUT2D eigenvalue weighted by Gasteiger charge is 2.39. The van der Waals surface area contributed by atoms with Gasteiger partial charge in [0.25, 0.3) is 0 Å². The molecule has 2 heterocycles. The third-order valence-corrected chi connectivity index (χ3v) is 10.3. The number of rotatable bonds is 16. The van der Waals surface area contributed by atoms with Gasteiger partial charge in [-0.25, -0.2) is 9.59 Å². The van der Waals surface area contributed by atoms with Crippen LogP contribution in [0.1, 0.15) is 101 Å². The number of fused-ring (bicyclic) bond motifs is 2. The monoisotopic (exact) mass is 708 g/mol. The standard InChI is InChI=1S/C42H52N4O6/c1-5-25-45(26-6-2)33-17-15-29-11-9-13-31(35-21-23-43-51-35)39(29)41(33)49-37(47)19-20-38(48)50-42-34(46(27-7-3)28-8-4)18-16-30-12-10-14-32(40(30)42)36-22-24-44-52-36/h9-14,19-24,33-34,41-42H,5-8,15-18,25-28H2,1-4H3/b20-19-. The minimum absolute atomic E-state index is 0.0297. The van der Waals surface area contributed by atoms with E-state index in [-0.39, 0.29) is 12.1 Å². The number of carbonyl (C=O) groups is 2. The van der Waals surface area contributed by atoms with Crippen LogP contribution in [0.5, 0.6) is 0 Å². The van der Waals surface area contributed by atoms with Crippen molar-refractivity contribution in [2.45, 2.75) is 103 Å². The Kier molecular flexibility index (Phi) is 12.7. The summed E-state index contributed by atoms with van der Waals surface area (Å²) in [6, 6.07) is 15.8. The smallest absolute Gasteiger partial charge is 0.331 e. The lowest BCUT2D eigenvalue weighted by molar-refractivity contribution is -0.150. The Hall–Kier alpha value is -4.54. The van der Waals surface area contributed by atoms with Crippen LogP contribution in [0.25, 0.3) is 22.6 Å². The van der Waals surface area contributed by atoms with Crippen molar-refractivity contribution in [2.75, 3.05) is 26.2 Å². The molecular weight excluding hydrogens is 656 g/mol. The molecule has 10 heteroatoms. The number of benzene rings is 2. The molecule has 10 nitrogen and oxygen atoms in total. The fourth-order valence-electron chi connectivity index (χ4n) is 8.29. The minimum atomic E-state index is -0.596. The Labute approximate surface area is 307 Å². The van der Waals surface area contributed by atoms with Gasteiger partial charge in [0.15, 0.2) is 11.5 Å². The van der Waals surface area contributed by atoms with Crippen LogP contribution in [0.2, 0.25) is 0 Å². The van der Waals surface area contributed by atoms with E-state index < -0.39 is 24.1 Å². The first-order valence-corrected chi connectivity index (χ1v) is 19.1. The molecule has 4 unspecified atom stereocenters. The maximum atomic E-state index is 13.8. The highest BCUT2D eigenvalue weighted by atomic mass is 16.6. The number of ether oxygens (including phenoxy) is 2. The highest BCUT2D eigenvalue weighted by molar-refractivity contribution is 5.92. The molecule has 0 saturated carbocycles. The van der Waals surface area contributed by atoms with Gasteiger partial charge >= 0.3 is 11.9 Å². The van der Waals surface area contributed by atoms with Gasteiger partial charge in [0.05, 0.1) is 24.5 Å². The van der Waals surface area contributed by atoms with Crippen LogP contribution in [0, 0.1) is 0 Å². The zero-order chi connectivity index (χ0) is 36.5. The summed E-state index contributed by atoms with van der Waals surface area (Å²) < 4.78 is 23.9. The molecule has 2 aliphatic rings. The van der Waals surface area contributed by atoms with Crippen molar-refractivity contribution in [1.29, 1.82) is 0 Å². The van der Waals surface area contributed by atoms with Crippen molar-refractivity contribution in [1.82, 2.24) is 20.1 Å². The van der Waals surface area contributed by atoms with Crippen molar-refractivity contribution < 1.29 is 28.1 Å². The number of hydrogen-bond acceptors (Lipinski definition) is 10. The third-order valence-electron chi connectivity index (χ3n) is 10.3. The van der Waals surface area contributed by atoms with E-state index in [1.165, 1.54) is 12.2 Å². The quantitative estimate of drug-likeness (QED) is 0.0833. The molecule has 0 bridgehead atoms. The van der Waals surface area contributed by atoms with Crippen molar-refractivity contribution in [2.24, 2.45) is 0 Å². The molecule has 6 rings (SSSR count). The van der Waals surface area contributed by atoms with Gasteiger partial charge < -0.3 is 18.5 Å². The van der Waals surface area contributed by atoms with Crippen molar-refractivity contribution >= 4 is 11.9 Å². The molecule has 0 radical (unpaired) electrons. The number of carbonyl (C=O) groups excluding carboxylic acids is 2. The molecule has 2 aliphatic carbocycles. The second kappa shape index (κ2) is 17.8. The van der Waals surface area contributed by atoms with Gasteiger partial charge in [-0.3, -0.25) is 9.80 Å². The molecule has 2 aromatic carbocycles. The fourth-order valence-corrected chi connectivity index (χ4v) is 8.29. The molecule has 4 atom stereocenters. The summed E-state index contributed by atoms with van der Waals surface area (Å²) in [6.07, 6.45) is 11.9. The van der Waals surface area contributed by atoms with E-state index >= 15 is 0 Å². The van der Waals surface area contributed by atoms with Crippen LogP contribution < -0.4 is 0 Å². The van der Waals surface area contributed by atoms with E-state index in [9.17, 15) is 9.59 Å². The Balaban J connectivity index is 1.29. The van der Waals surface area contributed by atoms with E-state index in [4.69, 9.17) is 18.5 Å². The number of hydrogen-bond donors (Lipinski definition) is 0. The van der Waals surface area contributed by atoms with Gasteiger partial charge in [-0.1, -0.05) is 74.4 Å². The summed E-state index contributed by atoms with van der Waals surface area (Å²) in [6.45, 7) is 12.2. The second-order valence-electron chi connectivity index (χ2n) is 13.8. The molecule has 0 N–H and O–H groups in total. The average molecular weight is 709 g/mol. The largest absolute Gasteiger partial charge is 0.453 e. The Morgan fingerprint density at radius 1 is 0.654 bits per heavy atom. The Bertz CT molecular complexity index is 1640. The topological polar surface area (TPSA) is 111 Å². The molecule has 0 saturated heterocycles. The van der Waals surface area contributed by atoms with Gasteiger partial charge in [-0.05, 0) is 88.7 Å². The summed E-state index contributed by atoms with van der Waals surface area (Å²) >= 11 is 0. The molecule has 52 heavy (non-hydrogen) atoms. The van der Waals surface area contributed by atoms with Crippen molar-refractivity contribution in [3.05, 3.63) is 95.3 Å². The average Bonchev–Trinajstić information content (AvgIpc) is 3.90. The second-order valence-corrected chi connectivity index (χ2v) is 13.8. The molecule has 276 valence electrons. The number of aryl methyl sites for hydroxylation is 2. The normalized spacial score (nSPS) is 19.9. The Morgan fingerprint density at radius 3 is 1.40 bits per heavy atom. The first-order chi connectivity index (χ1) is 25.5. The van der Waals surface area contributed by atoms with E-state index in [1.54, 1.807) is 12.4 Å². The van der Waals surface area contributed by atoms with Crippen LogP contribution in [0.15, 0.2) is 82.1 Å². The Morgan fingerprint density at radius 2 is 1.06 bits per heavy atom. The van der Waals surface area contributed by atoms with E-state index in [0.29, 0.717) is 11.5 Å². The maximum absolute atomic E-state index is 13.8. The van der Waals surface area contributed by atoms with Crippen LogP contribution in [0.3, 0.4) is 0 Å². The summed E-state index contributed by atoms with van der Waals surface area (Å²) in [7, 11) is 0. The fraction of sp³-hybridized carbons (Fsp3) is 0.476. The van der Waals surface area contributed by atoms with Crippen molar-refractivity contribution in [3.63, 3.8) is 0 Å². The lowest BCUT2D eigenvalue weighted by atomic mass is 9.81. The summed E-state index contributed by atoms with van der Waals surface area (Å²) in [5.74, 6) is 0.0631. The van der Waals surface area contributed by atoms with E-state index in [0.717, 1.165) is 111 Å². The van der Waals surface area contributed by atoms with E-state index in [2.05, 4.69) is 59.9 Å². The lowest BCUT2D eigenvalue weighted by Crippen LogP contribution is -2.45. The summed E-state index contributed by atoms with van der Waals surface area (Å²) in [5.41, 5.74) is 5.83. The molecule has 0 fully saturated rings. The highest BCUT2D eigenvalue weighted by Crippen LogP contribution is 2.43. The van der Waals surface area contributed by atoms with Gasteiger partial charge in [0.1, 0.15) is 12.2 Å². The molecular formula is C42H52N4O6. The molecule has 2 aromatic heterocycles. The van der Waals surface area contributed by atoms with Crippen molar-refractivity contribution in [3.8, 4) is 22.6 Å². The van der Waals surface area contributed by atoms with Gasteiger partial charge in [-0.15, -0.1) is 0 Å². The number of esters is 2. The van der Waals surface area contributed by atoms with Crippen LogP contribution in [0.4, 0.5) is 0 Å². The summed E-state index contributed by atoms with van der Waals surface area (Å²) in [5, 5.41) is 7.89. The first-order valence-electron chi connectivity index (χ1n) is 19.1. The first kappa shape index (κ1) is 37.2. The van der Waals surface area contributed by atoms with E-state index in [1.807, 2.05) is 36.4 Å². The predicted octanol–water partition coefficient (Wildman–Crippen LogP) is 8.30. The predicted molar refractivity (Wildman–Crippen MR) is 199 cm³/mol. The zero-order valence-electron chi connectivity index (χ0n) is 31.0. The van der Waals surface area contributed by atoms with Gasteiger partial charge in [0, 0.05) is 46.5 Å². The molecule has 0 spiro atoms. The lowest BCUT2D eigenvalue weighted by Gasteiger charge is -2.41. The SMILES string of the molecule is CCCN(CCC)C1CCc2cccc(-c3ccno3)c2C1OC(=O)/C=C\C(=O)OC1c2c(cccc2-c2ccno2)CCC1N(CCC)CCC. The van der Waals surface area contributed by atoms with Gasteiger partial charge in [-0.2, -0.15) is 0 Å². The minimum Gasteiger partial charge on any atom is -0.453 e. The molecule has 4 aromatic rings. The third kappa shape index (κ3) is 8.24. The van der Waals surface area contributed by atoms with Crippen LogP contribution in [-0.2, 0) is 31.9 Å². The van der Waals surface area contributed by atoms with Crippen LogP contribution in [-0.4, -0.2) is 70.3 Å².